The number of benzene rings is 1. The molecule has 1 aromatic rings. The summed E-state index contributed by atoms with van der Waals surface area (Å²) in [5.41, 5.74) is 1.82. The van der Waals surface area contributed by atoms with Gasteiger partial charge in [0.25, 0.3) is 0 Å². The fourth-order valence-corrected chi connectivity index (χ4v) is 1.86. The fraction of sp³-hybridized carbons (Fsp3) is 0.500. The van der Waals surface area contributed by atoms with Crippen LogP contribution >= 0.6 is 0 Å². The van der Waals surface area contributed by atoms with Crippen molar-refractivity contribution < 1.29 is 15.0 Å². The topological polar surface area (TPSA) is 69.6 Å². The molecule has 0 aliphatic rings. The van der Waals surface area contributed by atoms with Crippen molar-refractivity contribution in [3.05, 3.63) is 29.8 Å². The van der Waals surface area contributed by atoms with Gasteiger partial charge in [-0.2, -0.15) is 0 Å². The number of aliphatic hydroxyl groups excluding tert-OH is 1. The number of nitrogens with one attached hydrogen (secondary N) is 1. The molecular formula is C14H21NO3. The van der Waals surface area contributed by atoms with E-state index in [1.54, 1.807) is 0 Å². The van der Waals surface area contributed by atoms with Gasteiger partial charge in [-0.1, -0.05) is 19.1 Å². The first kappa shape index (κ1) is 14.5. The molecule has 4 nitrogen and oxygen atoms in total. The minimum Gasteiger partial charge on any atom is -0.481 e. The second-order valence-corrected chi connectivity index (χ2v) is 4.28. The molecule has 100 valence electrons. The Morgan fingerprint density at radius 1 is 1.28 bits per heavy atom. The lowest BCUT2D eigenvalue weighted by Gasteiger charge is -2.11. The van der Waals surface area contributed by atoms with Crippen LogP contribution in [0.5, 0.6) is 0 Å². The first-order valence-electron chi connectivity index (χ1n) is 6.36. The molecule has 0 spiro atoms. The van der Waals surface area contributed by atoms with Crippen molar-refractivity contribution in [3.63, 3.8) is 0 Å². The van der Waals surface area contributed by atoms with E-state index in [4.69, 9.17) is 10.2 Å². The van der Waals surface area contributed by atoms with Gasteiger partial charge in [-0.3, -0.25) is 4.79 Å². The monoisotopic (exact) mass is 251 g/mol. The Balaban J connectivity index is 2.54. The van der Waals surface area contributed by atoms with Gasteiger partial charge in [-0.05, 0) is 37.0 Å². The first-order valence-corrected chi connectivity index (χ1v) is 6.36. The number of unbranched alkanes of at least 4 members (excludes halogenated alkanes) is 1. The Hall–Kier alpha value is -1.55. The summed E-state index contributed by atoms with van der Waals surface area (Å²) in [6, 6.07) is 7.52. The third-order valence-electron chi connectivity index (χ3n) is 2.93. The van der Waals surface area contributed by atoms with Gasteiger partial charge in [0.1, 0.15) is 0 Å². The van der Waals surface area contributed by atoms with Crippen molar-refractivity contribution in [2.45, 2.75) is 32.1 Å². The number of carboxylic acids is 1. The molecule has 0 saturated carbocycles. The molecule has 0 fully saturated rings. The lowest BCUT2D eigenvalue weighted by Crippen LogP contribution is -2.10. The summed E-state index contributed by atoms with van der Waals surface area (Å²) in [4.78, 5) is 11.0. The smallest absolute Gasteiger partial charge is 0.310 e. The van der Waals surface area contributed by atoms with Crippen LogP contribution in [0.15, 0.2) is 24.3 Å². The zero-order valence-corrected chi connectivity index (χ0v) is 10.7. The molecule has 0 amide bonds. The lowest BCUT2D eigenvalue weighted by atomic mass is 9.96. The number of carbonyl (C=O) groups is 1. The maximum Gasteiger partial charge on any atom is 0.310 e. The number of hydrogen-bond donors (Lipinski definition) is 3. The Morgan fingerprint density at radius 2 is 1.94 bits per heavy atom. The van der Waals surface area contributed by atoms with Crippen molar-refractivity contribution in [3.8, 4) is 0 Å². The fourth-order valence-electron chi connectivity index (χ4n) is 1.86. The molecular weight excluding hydrogens is 230 g/mol. The normalized spacial score (nSPS) is 12.1. The van der Waals surface area contributed by atoms with Crippen LogP contribution in [-0.4, -0.2) is 29.3 Å². The van der Waals surface area contributed by atoms with E-state index in [-0.39, 0.29) is 6.61 Å². The number of aliphatic carboxylic acids is 1. The average Bonchev–Trinajstić information content (AvgIpc) is 2.37. The van der Waals surface area contributed by atoms with E-state index < -0.39 is 11.9 Å². The van der Waals surface area contributed by atoms with Gasteiger partial charge in [0, 0.05) is 18.8 Å². The highest BCUT2D eigenvalue weighted by atomic mass is 16.4. The number of hydrogen-bond acceptors (Lipinski definition) is 3. The largest absolute Gasteiger partial charge is 0.481 e. The predicted molar refractivity (Wildman–Crippen MR) is 71.9 cm³/mol. The highest BCUT2D eigenvalue weighted by Gasteiger charge is 2.16. The molecule has 1 aromatic carbocycles. The summed E-state index contributed by atoms with van der Waals surface area (Å²) >= 11 is 0. The van der Waals surface area contributed by atoms with Gasteiger partial charge in [0.05, 0.1) is 5.92 Å². The molecule has 0 radical (unpaired) electrons. The Labute approximate surface area is 108 Å². The second-order valence-electron chi connectivity index (χ2n) is 4.28. The highest BCUT2D eigenvalue weighted by Crippen LogP contribution is 2.21. The zero-order chi connectivity index (χ0) is 13.4. The van der Waals surface area contributed by atoms with Crippen LogP contribution in [0.2, 0.25) is 0 Å². The van der Waals surface area contributed by atoms with Crippen molar-refractivity contribution in [1.29, 1.82) is 0 Å². The van der Waals surface area contributed by atoms with Crippen LogP contribution in [0.1, 0.15) is 37.7 Å². The quantitative estimate of drug-likeness (QED) is 0.621. The summed E-state index contributed by atoms with van der Waals surface area (Å²) in [5.74, 6) is -1.20. The summed E-state index contributed by atoms with van der Waals surface area (Å²) in [6.07, 6.45) is 2.31. The van der Waals surface area contributed by atoms with Crippen LogP contribution in [0.25, 0.3) is 0 Å². The van der Waals surface area contributed by atoms with Crippen molar-refractivity contribution in [1.82, 2.24) is 0 Å². The summed E-state index contributed by atoms with van der Waals surface area (Å²) in [7, 11) is 0. The molecule has 0 aliphatic heterocycles. The summed E-state index contributed by atoms with van der Waals surface area (Å²) < 4.78 is 0. The van der Waals surface area contributed by atoms with Crippen molar-refractivity contribution >= 4 is 11.7 Å². The number of carboxylic acid groups (broad SMARTS) is 1. The van der Waals surface area contributed by atoms with Crippen LogP contribution < -0.4 is 5.32 Å². The molecule has 3 N–H and O–H groups in total. The van der Waals surface area contributed by atoms with E-state index >= 15 is 0 Å². The molecule has 0 saturated heterocycles. The van der Waals surface area contributed by atoms with Gasteiger partial charge < -0.3 is 15.5 Å². The zero-order valence-electron chi connectivity index (χ0n) is 10.7. The highest BCUT2D eigenvalue weighted by molar-refractivity contribution is 5.76. The summed E-state index contributed by atoms with van der Waals surface area (Å²) in [5, 5.41) is 20.9. The first-order chi connectivity index (χ1) is 8.69. The molecule has 1 unspecified atom stereocenters. The Morgan fingerprint density at radius 3 is 2.44 bits per heavy atom. The molecule has 0 heterocycles. The van der Waals surface area contributed by atoms with Crippen LogP contribution in [0.4, 0.5) is 5.69 Å². The molecule has 1 rings (SSSR count). The van der Waals surface area contributed by atoms with E-state index in [0.29, 0.717) is 6.42 Å². The Kier molecular flexibility index (Phi) is 6.22. The van der Waals surface area contributed by atoms with Crippen LogP contribution in [0.3, 0.4) is 0 Å². The minimum absolute atomic E-state index is 0.220. The molecule has 1 atom stereocenters. The van der Waals surface area contributed by atoms with E-state index in [9.17, 15) is 4.79 Å². The molecule has 4 heteroatoms. The second kappa shape index (κ2) is 7.71. The van der Waals surface area contributed by atoms with E-state index in [1.165, 1.54) is 0 Å². The third-order valence-corrected chi connectivity index (χ3v) is 2.93. The van der Waals surface area contributed by atoms with Crippen molar-refractivity contribution in [2.75, 3.05) is 18.5 Å². The van der Waals surface area contributed by atoms with Crippen molar-refractivity contribution in [2.24, 2.45) is 0 Å². The molecule has 0 aliphatic carbocycles. The maximum atomic E-state index is 11.0. The van der Waals surface area contributed by atoms with Gasteiger partial charge in [0.15, 0.2) is 0 Å². The number of aliphatic hydroxyl groups is 1. The molecule has 0 aromatic heterocycles. The van der Waals surface area contributed by atoms with Gasteiger partial charge in [-0.15, -0.1) is 0 Å². The van der Waals surface area contributed by atoms with Gasteiger partial charge in [-0.25, -0.2) is 0 Å². The van der Waals surface area contributed by atoms with Crippen LogP contribution in [-0.2, 0) is 4.79 Å². The van der Waals surface area contributed by atoms with E-state index in [1.807, 2.05) is 31.2 Å². The summed E-state index contributed by atoms with van der Waals surface area (Å²) in [6.45, 7) is 2.91. The SMILES string of the molecule is CCC(C(=O)O)c1ccc(NCCCCO)cc1. The average molecular weight is 251 g/mol. The lowest BCUT2D eigenvalue weighted by molar-refractivity contribution is -0.138. The number of rotatable bonds is 8. The number of anilines is 1. The van der Waals surface area contributed by atoms with Gasteiger partial charge in [0.2, 0.25) is 0 Å². The molecule has 0 bridgehead atoms. The minimum atomic E-state index is -0.777. The van der Waals surface area contributed by atoms with E-state index in [0.717, 1.165) is 30.6 Å². The van der Waals surface area contributed by atoms with E-state index in [2.05, 4.69) is 5.32 Å². The Bertz CT molecular complexity index is 362. The standard InChI is InChI=1S/C14H21NO3/c1-2-13(14(17)18)11-5-7-12(8-6-11)15-9-3-4-10-16/h5-8,13,15-16H,2-4,9-10H2,1H3,(H,17,18). The van der Waals surface area contributed by atoms with Crippen LogP contribution in [0, 0.1) is 0 Å². The predicted octanol–water partition coefficient (Wildman–Crippen LogP) is 2.45. The molecule has 18 heavy (non-hydrogen) atoms. The van der Waals surface area contributed by atoms with Gasteiger partial charge >= 0.3 is 5.97 Å². The maximum absolute atomic E-state index is 11.0. The third kappa shape index (κ3) is 4.37.